The van der Waals surface area contributed by atoms with Crippen molar-refractivity contribution in [1.82, 2.24) is 10.3 Å². The molecule has 0 saturated carbocycles. The van der Waals surface area contributed by atoms with E-state index in [1.54, 1.807) is 0 Å². The number of rotatable bonds is 3. The predicted octanol–water partition coefficient (Wildman–Crippen LogP) is 0.532. The van der Waals surface area contributed by atoms with Crippen LogP contribution in [0.2, 0.25) is 0 Å². The van der Waals surface area contributed by atoms with Crippen LogP contribution < -0.4 is 10.6 Å². The zero-order valence-corrected chi connectivity index (χ0v) is 9.21. The second-order valence-corrected chi connectivity index (χ2v) is 4.55. The maximum Gasteiger partial charge on any atom is 0.347 e. The van der Waals surface area contributed by atoms with E-state index < -0.39 is 5.97 Å². The van der Waals surface area contributed by atoms with Crippen LogP contribution in [0.5, 0.6) is 0 Å². The number of carboxylic acids is 1. The maximum absolute atomic E-state index is 10.9. The van der Waals surface area contributed by atoms with Gasteiger partial charge in [0.25, 0.3) is 0 Å². The third kappa shape index (κ3) is 2.48. The molecule has 1 unspecified atom stereocenters. The first-order valence-electron chi connectivity index (χ1n) is 4.87. The Morgan fingerprint density at radius 2 is 2.50 bits per heavy atom. The van der Waals surface area contributed by atoms with Crippen LogP contribution in [0, 0.1) is 0 Å². The van der Waals surface area contributed by atoms with Crippen LogP contribution in [-0.2, 0) is 4.79 Å². The number of hydrogen-bond donors (Lipinski definition) is 3. The van der Waals surface area contributed by atoms with Crippen molar-refractivity contribution in [1.29, 1.82) is 0 Å². The average molecular weight is 241 g/mol. The van der Waals surface area contributed by atoms with Crippen molar-refractivity contribution in [2.45, 2.75) is 18.9 Å². The van der Waals surface area contributed by atoms with E-state index >= 15 is 0 Å². The summed E-state index contributed by atoms with van der Waals surface area (Å²) in [6, 6.07) is 0.130. The van der Waals surface area contributed by atoms with Gasteiger partial charge in [0.05, 0.1) is 6.20 Å². The molecule has 1 atom stereocenters. The van der Waals surface area contributed by atoms with Gasteiger partial charge in [-0.15, -0.1) is 0 Å². The number of amides is 1. The van der Waals surface area contributed by atoms with Gasteiger partial charge in [0.15, 0.2) is 5.13 Å². The molecule has 6 nitrogen and oxygen atoms in total. The van der Waals surface area contributed by atoms with Crippen molar-refractivity contribution < 1.29 is 14.7 Å². The molecule has 86 valence electrons. The van der Waals surface area contributed by atoms with E-state index in [9.17, 15) is 9.59 Å². The zero-order chi connectivity index (χ0) is 11.5. The Labute approximate surface area is 95.7 Å². The molecular weight excluding hydrogens is 230 g/mol. The first-order chi connectivity index (χ1) is 7.65. The van der Waals surface area contributed by atoms with Gasteiger partial charge < -0.3 is 15.7 Å². The largest absolute Gasteiger partial charge is 0.477 e. The molecule has 0 spiro atoms. The molecule has 1 amide bonds. The lowest BCUT2D eigenvalue weighted by Gasteiger charge is -2.22. The summed E-state index contributed by atoms with van der Waals surface area (Å²) in [4.78, 5) is 25.7. The lowest BCUT2D eigenvalue weighted by atomic mass is 10.1. The Balaban J connectivity index is 1.93. The number of carbonyl (C=O) groups excluding carboxylic acids is 1. The second-order valence-electron chi connectivity index (χ2n) is 3.52. The van der Waals surface area contributed by atoms with Gasteiger partial charge in [-0.2, -0.15) is 0 Å². The fraction of sp³-hybridized carbons (Fsp3) is 0.444. The number of aromatic carboxylic acids is 1. The molecule has 2 heterocycles. The van der Waals surface area contributed by atoms with Gasteiger partial charge in [-0.1, -0.05) is 11.3 Å². The molecule has 0 bridgehead atoms. The smallest absolute Gasteiger partial charge is 0.347 e. The first-order valence-corrected chi connectivity index (χ1v) is 5.69. The number of carboxylic acid groups (broad SMARTS) is 1. The van der Waals surface area contributed by atoms with Crippen molar-refractivity contribution in [2.75, 3.05) is 11.9 Å². The Hall–Kier alpha value is -1.63. The summed E-state index contributed by atoms with van der Waals surface area (Å²) in [6.07, 6.45) is 2.57. The van der Waals surface area contributed by atoms with Crippen LogP contribution in [0.15, 0.2) is 6.20 Å². The van der Waals surface area contributed by atoms with E-state index in [1.165, 1.54) is 6.20 Å². The minimum absolute atomic E-state index is 0.0587. The second kappa shape index (κ2) is 4.48. The van der Waals surface area contributed by atoms with Crippen molar-refractivity contribution in [3.8, 4) is 0 Å². The monoisotopic (exact) mass is 241 g/mol. The topological polar surface area (TPSA) is 91.3 Å². The molecule has 1 saturated heterocycles. The highest BCUT2D eigenvalue weighted by Gasteiger charge is 2.19. The maximum atomic E-state index is 10.9. The van der Waals surface area contributed by atoms with E-state index in [1.807, 2.05) is 0 Å². The van der Waals surface area contributed by atoms with Crippen LogP contribution in [0.3, 0.4) is 0 Å². The number of anilines is 1. The molecular formula is C9H11N3O3S. The molecule has 1 fully saturated rings. The predicted molar refractivity (Wildman–Crippen MR) is 58.7 cm³/mol. The Bertz CT molecular complexity index is 408. The molecule has 1 aromatic rings. The highest BCUT2D eigenvalue weighted by atomic mass is 32.1. The SMILES string of the molecule is O=C1CCC(Nc2ncc(C(=O)O)s2)CN1. The summed E-state index contributed by atoms with van der Waals surface area (Å²) in [5.74, 6) is -0.911. The fourth-order valence-electron chi connectivity index (χ4n) is 1.47. The van der Waals surface area contributed by atoms with Gasteiger partial charge in [-0.3, -0.25) is 4.79 Å². The number of aromatic nitrogens is 1. The minimum Gasteiger partial charge on any atom is -0.477 e. The Kier molecular flexibility index (Phi) is 3.04. The standard InChI is InChI=1S/C9H11N3O3S/c13-7-2-1-5(3-10-7)12-9-11-4-6(16-9)8(14)15/h4-5H,1-3H2,(H,10,13)(H,11,12)(H,14,15). The summed E-state index contributed by atoms with van der Waals surface area (Å²) >= 11 is 1.10. The lowest BCUT2D eigenvalue weighted by molar-refractivity contribution is -0.122. The molecule has 3 N–H and O–H groups in total. The number of piperidine rings is 1. The van der Waals surface area contributed by atoms with E-state index in [2.05, 4.69) is 15.6 Å². The Morgan fingerprint density at radius 1 is 1.69 bits per heavy atom. The van der Waals surface area contributed by atoms with Gasteiger partial charge in [0.1, 0.15) is 4.88 Å². The van der Waals surface area contributed by atoms with Crippen LogP contribution in [0.1, 0.15) is 22.5 Å². The first kappa shape index (κ1) is 10.9. The number of thiazole rings is 1. The summed E-state index contributed by atoms with van der Waals surface area (Å²) in [5.41, 5.74) is 0. The van der Waals surface area contributed by atoms with Gasteiger partial charge >= 0.3 is 5.97 Å². The van der Waals surface area contributed by atoms with Crippen molar-refractivity contribution >= 4 is 28.3 Å². The third-order valence-corrected chi connectivity index (χ3v) is 3.23. The van der Waals surface area contributed by atoms with E-state index in [0.717, 1.165) is 17.8 Å². The molecule has 1 aromatic heterocycles. The van der Waals surface area contributed by atoms with Crippen molar-refractivity contribution in [3.63, 3.8) is 0 Å². The summed E-state index contributed by atoms with van der Waals surface area (Å²) in [5, 5.41) is 15.2. The number of hydrogen-bond acceptors (Lipinski definition) is 5. The van der Waals surface area contributed by atoms with E-state index in [4.69, 9.17) is 5.11 Å². The summed E-state index contributed by atoms with van der Waals surface area (Å²) in [6.45, 7) is 0.556. The highest BCUT2D eigenvalue weighted by Crippen LogP contribution is 2.20. The van der Waals surface area contributed by atoms with Crippen LogP contribution in [-0.4, -0.2) is 34.6 Å². The molecule has 1 aliphatic heterocycles. The lowest BCUT2D eigenvalue weighted by Crippen LogP contribution is -2.41. The third-order valence-electron chi connectivity index (χ3n) is 2.31. The molecule has 16 heavy (non-hydrogen) atoms. The molecule has 7 heteroatoms. The number of nitrogens with zero attached hydrogens (tertiary/aromatic N) is 1. The van der Waals surface area contributed by atoms with Gasteiger partial charge in [0, 0.05) is 19.0 Å². The molecule has 0 aliphatic carbocycles. The van der Waals surface area contributed by atoms with Crippen molar-refractivity contribution in [3.05, 3.63) is 11.1 Å². The quantitative estimate of drug-likeness (QED) is 0.718. The van der Waals surface area contributed by atoms with Gasteiger partial charge in [-0.25, -0.2) is 9.78 Å². The number of carbonyl (C=O) groups is 2. The summed E-state index contributed by atoms with van der Waals surface area (Å²) in [7, 11) is 0. The van der Waals surface area contributed by atoms with Crippen LogP contribution in [0.25, 0.3) is 0 Å². The number of nitrogens with one attached hydrogen (secondary N) is 2. The van der Waals surface area contributed by atoms with Crippen molar-refractivity contribution in [2.24, 2.45) is 0 Å². The highest BCUT2D eigenvalue weighted by molar-refractivity contribution is 7.17. The normalized spacial score (nSPS) is 20.2. The van der Waals surface area contributed by atoms with Gasteiger partial charge in [0.2, 0.25) is 5.91 Å². The molecule has 2 rings (SSSR count). The van der Waals surface area contributed by atoms with Crippen LogP contribution >= 0.6 is 11.3 Å². The van der Waals surface area contributed by atoms with Crippen LogP contribution in [0.4, 0.5) is 5.13 Å². The zero-order valence-electron chi connectivity index (χ0n) is 8.40. The Morgan fingerprint density at radius 3 is 3.06 bits per heavy atom. The van der Waals surface area contributed by atoms with E-state index in [0.29, 0.717) is 18.1 Å². The molecule has 1 aliphatic rings. The average Bonchev–Trinajstić information content (AvgIpc) is 2.70. The molecule has 0 radical (unpaired) electrons. The minimum atomic E-state index is -0.970. The molecule has 0 aromatic carbocycles. The van der Waals surface area contributed by atoms with E-state index in [-0.39, 0.29) is 16.8 Å². The summed E-state index contributed by atoms with van der Waals surface area (Å²) < 4.78 is 0. The van der Waals surface area contributed by atoms with Gasteiger partial charge in [-0.05, 0) is 6.42 Å². The fourth-order valence-corrected chi connectivity index (χ4v) is 2.20.